The Morgan fingerprint density at radius 1 is 0.444 bits per heavy atom. The Bertz CT molecular complexity index is 5640. The summed E-state index contributed by atoms with van der Waals surface area (Å²) in [7, 11) is 25.0. The van der Waals surface area contributed by atoms with Crippen LogP contribution >= 0.6 is 38.9 Å². The molecule has 12 N–H and O–H groups in total. The number of phenols is 5. The van der Waals surface area contributed by atoms with Crippen molar-refractivity contribution in [2.75, 3.05) is 146 Å². The van der Waals surface area contributed by atoms with Gasteiger partial charge in [-0.3, -0.25) is 28.8 Å². The smallest absolute Gasteiger partial charge is 1.00 e. The summed E-state index contributed by atoms with van der Waals surface area (Å²) in [5.41, 5.74) is 21.7. The number of benzene rings is 10. The number of methoxy groups -OCH3 is 15. The largest absolute Gasteiger partial charge is 1.00 e. The van der Waals surface area contributed by atoms with Crippen LogP contribution in [0.25, 0.3) is 0 Å². The summed E-state index contributed by atoms with van der Waals surface area (Å²) < 4.78 is 88.1. The summed E-state index contributed by atoms with van der Waals surface area (Å²) in [5.74, 6) is 8.20. The van der Waals surface area contributed by atoms with Gasteiger partial charge in [0.15, 0.2) is 115 Å². The van der Waals surface area contributed by atoms with Crippen molar-refractivity contribution in [2.24, 2.45) is 10.7 Å². The summed E-state index contributed by atoms with van der Waals surface area (Å²) in [6.45, 7) is 5.78. The van der Waals surface area contributed by atoms with Crippen molar-refractivity contribution in [1.82, 2.24) is 15.5 Å². The Balaban J connectivity index is -0.000000800. The number of aliphatic imine (C=N–C) groups is 1. The first-order valence-corrected chi connectivity index (χ1v) is 46.6. The molecule has 0 spiro atoms. The van der Waals surface area contributed by atoms with Gasteiger partial charge in [-0.1, -0.05) is 66.1 Å². The number of aliphatic hydroxyl groups excluding tert-OH is 1. The molecule has 6 radical (unpaired) electrons. The van der Waals surface area contributed by atoms with Crippen molar-refractivity contribution in [2.45, 2.75) is 119 Å². The normalized spacial score (nSPS) is 12.5. The zero-order valence-corrected chi connectivity index (χ0v) is 86.2. The van der Waals surface area contributed by atoms with Gasteiger partial charge in [0, 0.05) is 88.2 Å². The van der Waals surface area contributed by atoms with Gasteiger partial charge in [-0.2, -0.15) is 0 Å². The van der Waals surface area contributed by atoms with Crippen molar-refractivity contribution >= 4 is 79.3 Å². The second-order valence-corrected chi connectivity index (χ2v) is 36.5. The van der Waals surface area contributed by atoms with Crippen molar-refractivity contribution in [3.8, 4) is 115 Å². The molecule has 0 aliphatic carbocycles. The summed E-state index contributed by atoms with van der Waals surface area (Å²) >= 11 is 13.8. The second-order valence-electron chi connectivity index (χ2n) is 29.8. The predicted octanol–water partition coefficient (Wildman–Crippen LogP) is 15.1. The topological polar surface area (TPSA) is 434 Å². The van der Waals surface area contributed by atoms with Crippen LogP contribution in [-0.2, 0) is 89.7 Å². The van der Waals surface area contributed by atoms with E-state index in [9.17, 15) is 39.7 Å². The third kappa shape index (κ3) is 40.6. The molecule has 142 heavy (non-hydrogen) atoms. The van der Waals surface area contributed by atoms with Gasteiger partial charge in [-0.05, 0) is 285 Å². The number of hydrogen-bond donors (Lipinski definition) is 11. The summed E-state index contributed by atoms with van der Waals surface area (Å²) in [6.07, 6.45) is 6.76. The molecule has 0 aromatic heterocycles. The maximum Gasteiger partial charge on any atom is 1.00 e. The van der Waals surface area contributed by atoms with Gasteiger partial charge in [-0.15, -0.1) is 0 Å². The van der Waals surface area contributed by atoms with Crippen LogP contribution in [0.15, 0.2) is 163 Å². The fourth-order valence-corrected chi connectivity index (χ4v) is 15.0. The number of aliphatic hydroxyl groups is 1. The fourth-order valence-electron chi connectivity index (χ4n) is 15.0. The summed E-state index contributed by atoms with van der Waals surface area (Å²) in [4.78, 5) is 38.5. The minimum atomic E-state index is -3.22. The molecular weight excluding hydrogens is 1920 g/mol. The fraction of sp³-hybridized carbons (Fsp3) is 0.379. The standard InChI is InChI=1S/C20H23NO4.C19H23NO5.C19H23NO4.C19H21NO4.C10H15NO2.C9H10O4.C2H4O2.CH4O.4CH4.2B.Cl3OP.Na.H2.H/c1-23-18-9-14-11-21-5-4-12-8-19(24-2)20(25-3)10-15(12)16(21)6-13(14)7-17(18)22;1-23-16-6-5-14(10-15(16)21)12-19(22)20-9-8-13-4-7-17(24-2)18(11-13)25-3;2*1-22-17-5-4-12(9-16(17)21)8-15-14-11-19(24-3)18(23-2)10-13(14)6-7-20-15;1-12-9-4-3-8(5-6-11)7-10(9)13-2;1-13-8-3-2-6(4-7(8)10)5-9(11)12;1-2(3)4;1-2;;;;;;;1-5(2,3)4;;;/h7-10,16,22H,4-6,11H2,1-3H3;4-7,10-11,21H,8-9,12H2,1-3H3,(H,20,22);4-5,9-11,15,20-21H,6-8H2,1-3H3;4-5,9-11,21H,6-8H2,1-3H3;3-4,7H,5-6,11H2,1-2H3;2-4,10H,5H2,1H3,(H,11,12);1H3,(H,3,4);2H,1H3;4*1H4;;;;;1H;/q;;;;;;;;;;;;;;;+1;;-1/i;;;;;;;;;;;;;;;;1+1;. The van der Waals surface area contributed by atoms with Crippen LogP contribution in [0.3, 0.4) is 0 Å². The van der Waals surface area contributed by atoms with Gasteiger partial charge < -0.3 is 130 Å². The first-order valence-electron chi connectivity index (χ1n) is 42.2. The second kappa shape index (κ2) is 67.7. The van der Waals surface area contributed by atoms with E-state index < -0.39 is 17.1 Å². The molecule has 39 heteroatoms. The number of phenolic OH excluding ortho intramolecular Hbond substituents is 5. The zero-order valence-electron chi connectivity index (χ0n) is 82.0. The van der Waals surface area contributed by atoms with Gasteiger partial charge in [-0.25, -0.2) is 0 Å². The number of carboxylic acids is 2. The van der Waals surface area contributed by atoms with Crippen LogP contribution in [0.4, 0.5) is 0 Å². The first-order chi connectivity index (χ1) is 64.7. The molecule has 4 heterocycles. The molecule has 14 rings (SSSR count). The van der Waals surface area contributed by atoms with Gasteiger partial charge in [0.05, 0.1) is 119 Å². The van der Waals surface area contributed by atoms with Crippen LogP contribution < -0.4 is 117 Å². The molecule has 32 nitrogen and oxygen atoms in total. The molecule has 1 amide bonds. The zero-order chi connectivity index (χ0) is 99.6. The number of halogens is 3. The Kier molecular flexibility index (Phi) is 63.2. The number of ether oxygens (including phenoxy) is 15. The van der Waals surface area contributed by atoms with Crippen LogP contribution in [-0.4, -0.2) is 233 Å². The monoisotopic (exact) mass is 2060 g/mol. The van der Waals surface area contributed by atoms with E-state index in [0.29, 0.717) is 83.5 Å². The van der Waals surface area contributed by atoms with E-state index in [1.807, 2.05) is 78.9 Å². The number of nitrogens with zero attached hydrogens (tertiary/aromatic N) is 2. The minimum absolute atomic E-state index is 0. The Morgan fingerprint density at radius 3 is 1.23 bits per heavy atom. The van der Waals surface area contributed by atoms with E-state index in [1.54, 1.807) is 128 Å². The van der Waals surface area contributed by atoms with Crippen molar-refractivity contribution in [3.63, 3.8) is 0 Å². The maximum absolute atomic E-state index is 12.0. The number of aliphatic carboxylic acids is 2. The van der Waals surface area contributed by atoms with Crippen LogP contribution in [0.1, 0.15) is 129 Å². The van der Waals surface area contributed by atoms with Crippen molar-refractivity contribution in [1.29, 1.82) is 0 Å². The number of carbonyl (C=O) groups is 3. The number of rotatable bonds is 28. The number of hydrogen-bond acceptors (Lipinski definition) is 29. The van der Waals surface area contributed by atoms with E-state index >= 15 is 0 Å². The van der Waals surface area contributed by atoms with E-state index in [2.05, 4.69) is 72.4 Å². The number of nitrogens with two attached hydrogens (primary N) is 1. The number of amides is 1. The molecule has 0 fully saturated rings. The molecule has 0 saturated carbocycles. The Labute approximate surface area is 879 Å². The first kappa shape index (κ1) is 132. The molecular formula is C103H142B2Cl3N5NaO27P. The van der Waals surface area contributed by atoms with Gasteiger partial charge in [0.2, 0.25) is 5.91 Å². The number of carbonyl (C=O) groups excluding carboxylic acids is 1. The number of fused-ring (bicyclic) bond motifs is 6. The predicted molar refractivity (Wildman–Crippen MR) is 561 cm³/mol. The van der Waals surface area contributed by atoms with E-state index in [0.717, 1.165) is 153 Å². The molecule has 10 aromatic carbocycles. The van der Waals surface area contributed by atoms with E-state index in [1.165, 1.54) is 84.0 Å². The molecule has 10 aromatic rings. The summed E-state index contributed by atoms with van der Waals surface area (Å²) in [5, 5.41) is 75.2. The number of nitrogens with one attached hydrogen (secondary N) is 2. The maximum atomic E-state index is 12.0. The van der Waals surface area contributed by atoms with Gasteiger partial charge in [0.1, 0.15) is 0 Å². The number of carboxylic acid groups (broad SMARTS) is 2. The van der Waals surface area contributed by atoms with Crippen LogP contribution in [0, 0.1) is 0 Å². The van der Waals surface area contributed by atoms with Crippen molar-refractivity contribution < 1.29 is 163 Å². The minimum Gasteiger partial charge on any atom is -1.00 e. The molecule has 0 bridgehead atoms. The van der Waals surface area contributed by atoms with Crippen LogP contribution in [0.2, 0.25) is 0 Å². The molecule has 2 unspecified atom stereocenters. The Morgan fingerprint density at radius 2 is 0.796 bits per heavy atom. The average Bonchev–Trinajstić information content (AvgIpc) is 0.754. The molecule has 4 aliphatic heterocycles. The molecule has 4 aliphatic rings. The third-order valence-electron chi connectivity index (χ3n) is 21.4. The van der Waals surface area contributed by atoms with E-state index in [-0.39, 0.29) is 132 Å². The van der Waals surface area contributed by atoms with E-state index in [4.69, 9.17) is 96.9 Å². The molecule has 774 valence electrons. The van der Waals surface area contributed by atoms with Gasteiger partial charge >= 0.3 is 40.7 Å². The third-order valence-corrected chi connectivity index (χ3v) is 21.4. The van der Waals surface area contributed by atoms with Crippen molar-refractivity contribution in [3.05, 3.63) is 236 Å². The molecule has 2 atom stereocenters. The average molecular weight is 2070 g/mol. The van der Waals surface area contributed by atoms with Gasteiger partial charge in [0.25, 0.3) is 5.97 Å². The Hall–Kier alpha value is -11.7. The summed E-state index contributed by atoms with van der Waals surface area (Å²) in [6, 6.07) is 48.5. The molecule has 0 saturated heterocycles. The van der Waals surface area contributed by atoms with Crippen LogP contribution in [0.5, 0.6) is 115 Å². The SMILES string of the molecule is C.C.C.C.CC(=O)O.CO.COc1cc2c(cc1O)CC1c3cc(OC)c(OC)cc3CCN1C2.COc1ccc(CC(=O)NCCc2ccc(OC)c(OC)c2)cc1O.COc1ccc(CC(=O)O)cc1O.COc1ccc(CC2=NCCc3cc(OC)c(OC)cc32)cc1O.COc1ccc(CC2NCCc3cc(OC)c(OC)cc32)cc1O.COc1ccc(CCN)cc1OC.O=P(Cl)(Cl)Cl.[2HH].[B].[B].[H-].[Na+]. The number of aromatic hydroxyl groups is 5. The quantitative estimate of drug-likeness (QED) is 0.0160.